The van der Waals surface area contributed by atoms with Gasteiger partial charge < -0.3 is 15.8 Å². The Morgan fingerprint density at radius 1 is 1.35 bits per heavy atom. The molecule has 20 heavy (non-hydrogen) atoms. The molecule has 3 N–H and O–H groups in total. The lowest BCUT2D eigenvalue weighted by Gasteiger charge is -2.34. The van der Waals surface area contributed by atoms with Gasteiger partial charge in [-0.05, 0) is 30.9 Å². The number of benzene rings is 1. The Labute approximate surface area is 123 Å². The maximum atomic E-state index is 12.5. The highest BCUT2D eigenvalue weighted by molar-refractivity contribution is 7.99. The predicted molar refractivity (Wildman–Crippen MR) is 79.6 cm³/mol. The number of hydrogen-bond donors (Lipinski definition) is 2. The van der Waals surface area contributed by atoms with Crippen LogP contribution in [0.4, 0.5) is 0 Å². The van der Waals surface area contributed by atoms with E-state index in [1.807, 2.05) is 23.9 Å². The van der Waals surface area contributed by atoms with E-state index in [-0.39, 0.29) is 11.9 Å². The van der Waals surface area contributed by atoms with E-state index in [1.54, 1.807) is 0 Å². The molecule has 3 rings (SSSR count). The maximum absolute atomic E-state index is 12.5. The number of nitrogens with two attached hydrogens (primary N) is 1. The van der Waals surface area contributed by atoms with Crippen LogP contribution in [0.3, 0.4) is 0 Å². The monoisotopic (exact) mass is 292 g/mol. The molecule has 1 fully saturated rings. The average molecular weight is 292 g/mol. The molecule has 0 aliphatic carbocycles. The van der Waals surface area contributed by atoms with Crippen molar-refractivity contribution in [1.29, 1.82) is 0 Å². The summed E-state index contributed by atoms with van der Waals surface area (Å²) in [5, 5.41) is 3.15. The Bertz CT molecular complexity index is 500. The minimum Gasteiger partial charge on any atom is -0.381 e. The summed E-state index contributed by atoms with van der Waals surface area (Å²) in [6, 6.07) is 8.36. The number of rotatable bonds is 2. The van der Waals surface area contributed by atoms with Gasteiger partial charge in [0.25, 0.3) is 0 Å². The molecule has 1 unspecified atom stereocenters. The molecule has 0 radical (unpaired) electrons. The second kappa shape index (κ2) is 5.76. The molecular weight excluding hydrogens is 272 g/mol. The van der Waals surface area contributed by atoms with Crippen LogP contribution in [0.15, 0.2) is 29.2 Å². The van der Waals surface area contributed by atoms with Crippen molar-refractivity contribution in [3.63, 3.8) is 0 Å². The molecule has 1 amide bonds. The largest absolute Gasteiger partial charge is 0.381 e. The highest BCUT2D eigenvalue weighted by atomic mass is 32.2. The summed E-state index contributed by atoms with van der Waals surface area (Å²) in [5.41, 5.74) is 6.69. The summed E-state index contributed by atoms with van der Waals surface area (Å²) in [6.45, 7) is 1.14. The first-order valence-corrected chi connectivity index (χ1v) is 8.07. The van der Waals surface area contributed by atoms with E-state index in [0.717, 1.165) is 12.2 Å². The first-order valence-electron chi connectivity index (χ1n) is 7.08. The van der Waals surface area contributed by atoms with Gasteiger partial charge in [-0.25, -0.2) is 0 Å². The molecule has 1 aromatic carbocycles. The van der Waals surface area contributed by atoms with Crippen LogP contribution in [0.5, 0.6) is 0 Å². The van der Waals surface area contributed by atoms with E-state index in [1.165, 1.54) is 10.5 Å². The van der Waals surface area contributed by atoms with Crippen molar-refractivity contribution in [2.24, 2.45) is 5.73 Å². The Balaban J connectivity index is 1.74. The molecule has 2 aliphatic heterocycles. The summed E-state index contributed by atoms with van der Waals surface area (Å²) in [5.74, 6) is 0.996. The summed E-state index contributed by atoms with van der Waals surface area (Å²) in [7, 11) is 0. The van der Waals surface area contributed by atoms with E-state index < -0.39 is 5.54 Å². The highest BCUT2D eigenvalue weighted by Gasteiger charge is 2.37. The zero-order valence-corrected chi connectivity index (χ0v) is 12.2. The van der Waals surface area contributed by atoms with Crippen LogP contribution >= 0.6 is 11.8 Å². The molecule has 0 saturated carbocycles. The van der Waals surface area contributed by atoms with Gasteiger partial charge in [-0.15, -0.1) is 11.8 Å². The standard InChI is InChI=1S/C15H20N2O2S/c16-15(6-8-19-9-7-15)14(18)17-12-5-10-20-13-4-2-1-3-11(12)13/h1-4,12H,5-10,16H2,(H,17,18). The van der Waals surface area contributed by atoms with E-state index in [2.05, 4.69) is 17.4 Å². The third-order valence-electron chi connectivity index (χ3n) is 4.10. The minimum absolute atomic E-state index is 0.0347. The fraction of sp³-hybridized carbons (Fsp3) is 0.533. The molecule has 5 heteroatoms. The minimum atomic E-state index is -0.766. The van der Waals surface area contributed by atoms with Gasteiger partial charge in [0, 0.05) is 23.9 Å². The zero-order chi connectivity index (χ0) is 14.0. The third-order valence-corrected chi connectivity index (χ3v) is 5.22. The first kappa shape index (κ1) is 13.9. The van der Waals surface area contributed by atoms with Crippen LogP contribution in [-0.4, -0.2) is 30.4 Å². The van der Waals surface area contributed by atoms with Gasteiger partial charge in [0.1, 0.15) is 0 Å². The fourth-order valence-corrected chi connectivity index (χ4v) is 3.88. The van der Waals surface area contributed by atoms with Crippen molar-refractivity contribution < 1.29 is 9.53 Å². The van der Waals surface area contributed by atoms with Gasteiger partial charge in [0.2, 0.25) is 5.91 Å². The van der Waals surface area contributed by atoms with Gasteiger partial charge in [0.05, 0.1) is 11.6 Å². The van der Waals surface area contributed by atoms with E-state index in [0.29, 0.717) is 26.1 Å². The first-order chi connectivity index (χ1) is 9.69. The molecule has 0 spiro atoms. The van der Waals surface area contributed by atoms with Crippen molar-refractivity contribution >= 4 is 17.7 Å². The quantitative estimate of drug-likeness (QED) is 0.873. The SMILES string of the molecule is NC1(C(=O)NC2CCSc3ccccc32)CCOCC1. The summed E-state index contributed by atoms with van der Waals surface area (Å²) in [4.78, 5) is 13.8. The number of carbonyl (C=O) groups is 1. The number of fused-ring (bicyclic) bond motifs is 1. The van der Waals surface area contributed by atoms with E-state index >= 15 is 0 Å². The van der Waals surface area contributed by atoms with Gasteiger partial charge in [-0.3, -0.25) is 4.79 Å². The molecule has 108 valence electrons. The molecule has 1 aromatic rings. The van der Waals surface area contributed by atoms with Gasteiger partial charge >= 0.3 is 0 Å². The van der Waals surface area contributed by atoms with Gasteiger partial charge in [-0.1, -0.05) is 18.2 Å². The molecule has 4 nitrogen and oxygen atoms in total. The maximum Gasteiger partial charge on any atom is 0.240 e. The molecule has 1 saturated heterocycles. The average Bonchev–Trinajstić information content (AvgIpc) is 2.48. The number of thioether (sulfide) groups is 1. The predicted octanol–water partition coefficient (Wildman–Crippen LogP) is 1.85. The lowest BCUT2D eigenvalue weighted by molar-refractivity contribution is -0.130. The normalized spacial score (nSPS) is 24.8. The zero-order valence-electron chi connectivity index (χ0n) is 11.4. The van der Waals surface area contributed by atoms with Gasteiger partial charge in [-0.2, -0.15) is 0 Å². The topological polar surface area (TPSA) is 64.4 Å². The number of ether oxygens (including phenoxy) is 1. The van der Waals surface area contributed by atoms with E-state index in [9.17, 15) is 4.79 Å². The number of carbonyl (C=O) groups excluding carboxylic acids is 1. The van der Waals surface area contributed by atoms with Crippen LogP contribution < -0.4 is 11.1 Å². The molecule has 2 aliphatic rings. The van der Waals surface area contributed by atoms with Crippen LogP contribution in [0.1, 0.15) is 30.9 Å². The van der Waals surface area contributed by atoms with Crippen molar-refractivity contribution in [2.45, 2.75) is 35.7 Å². The van der Waals surface area contributed by atoms with Crippen molar-refractivity contribution in [3.05, 3.63) is 29.8 Å². The Hall–Kier alpha value is -1.04. The molecule has 2 heterocycles. The van der Waals surface area contributed by atoms with Crippen molar-refractivity contribution in [3.8, 4) is 0 Å². The number of hydrogen-bond acceptors (Lipinski definition) is 4. The second-order valence-corrected chi connectivity index (χ2v) is 6.61. The van der Waals surface area contributed by atoms with Crippen molar-refractivity contribution in [1.82, 2.24) is 5.32 Å². The fourth-order valence-electron chi connectivity index (χ4n) is 2.76. The Kier molecular flexibility index (Phi) is 4.01. The van der Waals surface area contributed by atoms with Crippen LogP contribution in [0.2, 0.25) is 0 Å². The number of nitrogens with one attached hydrogen (secondary N) is 1. The highest BCUT2D eigenvalue weighted by Crippen LogP contribution is 2.36. The van der Waals surface area contributed by atoms with Crippen LogP contribution in [-0.2, 0) is 9.53 Å². The molecule has 0 aromatic heterocycles. The lowest BCUT2D eigenvalue weighted by atomic mass is 9.89. The second-order valence-electron chi connectivity index (χ2n) is 5.47. The third kappa shape index (κ3) is 2.71. The molecule has 0 bridgehead atoms. The molecule has 1 atom stereocenters. The lowest BCUT2D eigenvalue weighted by Crippen LogP contribution is -2.57. The van der Waals surface area contributed by atoms with Crippen LogP contribution in [0, 0.1) is 0 Å². The van der Waals surface area contributed by atoms with E-state index in [4.69, 9.17) is 10.5 Å². The molecular formula is C15H20N2O2S. The summed E-state index contributed by atoms with van der Waals surface area (Å²) < 4.78 is 5.30. The Morgan fingerprint density at radius 2 is 2.10 bits per heavy atom. The summed E-state index contributed by atoms with van der Waals surface area (Å²) in [6.07, 6.45) is 2.16. The number of amides is 1. The smallest absolute Gasteiger partial charge is 0.240 e. The summed E-state index contributed by atoms with van der Waals surface area (Å²) >= 11 is 1.85. The Morgan fingerprint density at radius 3 is 2.90 bits per heavy atom. The van der Waals surface area contributed by atoms with Gasteiger partial charge in [0.15, 0.2) is 0 Å². The van der Waals surface area contributed by atoms with Crippen molar-refractivity contribution in [2.75, 3.05) is 19.0 Å². The van der Waals surface area contributed by atoms with Crippen LogP contribution in [0.25, 0.3) is 0 Å².